The first-order valence-electron chi connectivity index (χ1n) is 6.18. The summed E-state index contributed by atoms with van der Waals surface area (Å²) in [6, 6.07) is 11.0. The van der Waals surface area contributed by atoms with Gasteiger partial charge in [-0.3, -0.25) is 0 Å². The van der Waals surface area contributed by atoms with E-state index in [-0.39, 0.29) is 11.9 Å². The van der Waals surface area contributed by atoms with Crippen molar-refractivity contribution in [3.63, 3.8) is 0 Å². The van der Waals surface area contributed by atoms with Gasteiger partial charge in [0.05, 0.1) is 21.8 Å². The minimum Gasteiger partial charge on any atom is -0.378 e. The second-order valence-corrected chi connectivity index (χ2v) is 6.37. The van der Waals surface area contributed by atoms with Gasteiger partial charge in [0.2, 0.25) is 0 Å². The number of nitrogens with one attached hydrogen (secondary N) is 1. The van der Waals surface area contributed by atoms with Crippen LogP contribution in [-0.2, 0) is 0 Å². The van der Waals surface area contributed by atoms with E-state index in [4.69, 9.17) is 0 Å². The van der Waals surface area contributed by atoms with Crippen LogP contribution >= 0.6 is 27.3 Å². The van der Waals surface area contributed by atoms with Crippen molar-refractivity contribution in [1.29, 1.82) is 0 Å². The Morgan fingerprint density at radius 2 is 2.10 bits per heavy atom. The van der Waals surface area contributed by atoms with Crippen molar-refractivity contribution in [2.75, 3.05) is 5.32 Å². The molecular weight excluding hydrogens is 339 g/mol. The lowest BCUT2D eigenvalue weighted by Crippen LogP contribution is -2.08. The summed E-state index contributed by atoms with van der Waals surface area (Å²) in [4.78, 5) is 4.25. The van der Waals surface area contributed by atoms with E-state index in [1.165, 1.54) is 6.07 Å². The third-order valence-electron chi connectivity index (χ3n) is 3.14. The van der Waals surface area contributed by atoms with Crippen LogP contribution in [0.1, 0.15) is 18.5 Å². The Bertz CT molecular complexity index is 756. The molecule has 102 valence electrons. The average Bonchev–Trinajstić information content (AvgIpc) is 2.85. The van der Waals surface area contributed by atoms with Crippen LogP contribution in [0.3, 0.4) is 0 Å². The molecule has 5 heteroatoms. The Hall–Kier alpha value is -1.46. The molecule has 1 unspecified atom stereocenters. The number of rotatable bonds is 3. The molecule has 3 rings (SSSR count). The standard InChI is InChI=1S/C15H12BrFN2S/c1-9(12-4-2-10(16)6-13(12)17)19-11-3-5-14-15(7-11)20-8-18-14/h2-9,19H,1H3. The van der Waals surface area contributed by atoms with E-state index in [0.717, 1.165) is 20.4 Å². The molecule has 1 aromatic heterocycles. The second kappa shape index (κ2) is 5.50. The maximum Gasteiger partial charge on any atom is 0.129 e. The predicted octanol–water partition coefficient (Wildman–Crippen LogP) is 5.37. The number of hydrogen-bond acceptors (Lipinski definition) is 3. The van der Waals surface area contributed by atoms with Crippen molar-refractivity contribution in [3.05, 3.63) is 57.8 Å². The Morgan fingerprint density at radius 1 is 1.25 bits per heavy atom. The first-order valence-corrected chi connectivity index (χ1v) is 7.85. The number of benzene rings is 2. The lowest BCUT2D eigenvalue weighted by atomic mass is 10.1. The van der Waals surface area contributed by atoms with Gasteiger partial charge in [-0.2, -0.15) is 0 Å². The van der Waals surface area contributed by atoms with Crippen LogP contribution in [0.2, 0.25) is 0 Å². The highest BCUT2D eigenvalue weighted by Crippen LogP contribution is 2.27. The molecule has 0 amide bonds. The van der Waals surface area contributed by atoms with Gasteiger partial charge >= 0.3 is 0 Å². The SMILES string of the molecule is CC(Nc1ccc2ncsc2c1)c1ccc(Br)cc1F. The van der Waals surface area contributed by atoms with Gasteiger partial charge in [-0.1, -0.05) is 22.0 Å². The van der Waals surface area contributed by atoms with Crippen molar-refractivity contribution in [1.82, 2.24) is 4.98 Å². The van der Waals surface area contributed by atoms with Gasteiger partial charge in [-0.25, -0.2) is 9.37 Å². The Kier molecular flexibility index (Phi) is 3.72. The Labute approximate surface area is 128 Å². The highest BCUT2D eigenvalue weighted by Gasteiger charge is 2.11. The third-order valence-corrected chi connectivity index (χ3v) is 4.43. The van der Waals surface area contributed by atoms with Gasteiger partial charge in [0.1, 0.15) is 5.82 Å². The molecule has 0 saturated carbocycles. The van der Waals surface area contributed by atoms with E-state index in [2.05, 4.69) is 26.2 Å². The molecule has 1 N–H and O–H groups in total. The first kappa shape index (κ1) is 13.5. The summed E-state index contributed by atoms with van der Waals surface area (Å²) in [7, 11) is 0. The molecule has 0 saturated heterocycles. The zero-order valence-electron chi connectivity index (χ0n) is 10.7. The smallest absolute Gasteiger partial charge is 0.129 e. The summed E-state index contributed by atoms with van der Waals surface area (Å²) >= 11 is 4.87. The minimum absolute atomic E-state index is 0.103. The monoisotopic (exact) mass is 350 g/mol. The molecule has 2 aromatic carbocycles. The van der Waals surface area contributed by atoms with E-state index in [1.807, 2.05) is 36.7 Å². The van der Waals surface area contributed by atoms with Crippen LogP contribution in [0.25, 0.3) is 10.2 Å². The van der Waals surface area contributed by atoms with Gasteiger partial charge in [0.25, 0.3) is 0 Å². The summed E-state index contributed by atoms with van der Waals surface area (Å²) in [6.07, 6.45) is 0. The summed E-state index contributed by atoms with van der Waals surface area (Å²) in [5, 5.41) is 3.32. The third kappa shape index (κ3) is 2.69. The largest absolute Gasteiger partial charge is 0.378 e. The van der Waals surface area contributed by atoms with Gasteiger partial charge in [0, 0.05) is 15.7 Å². The fourth-order valence-electron chi connectivity index (χ4n) is 2.13. The Balaban J connectivity index is 1.85. The molecule has 20 heavy (non-hydrogen) atoms. The van der Waals surface area contributed by atoms with E-state index < -0.39 is 0 Å². The normalized spacial score (nSPS) is 12.6. The number of nitrogens with zero attached hydrogens (tertiary/aromatic N) is 1. The summed E-state index contributed by atoms with van der Waals surface area (Å²) in [6.45, 7) is 1.95. The van der Waals surface area contributed by atoms with Gasteiger partial charge in [0.15, 0.2) is 0 Å². The second-order valence-electron chi connectivity index (χ2n) is 4.57. The highest BCUT2D eigenvalue weighted by molar-refractivity contribution is 9.10. The fourth-order valence-corrected chi connectivity index (χ4v) is 3.17. The number of fused-ring (bicyclic) bond motifs is 1. The number of anilines is 1. The lowest BCUT2D eigenvalue weighted by Gasteiger charge is -2.16. The van der Waals surface area contributed by atoms with Gasteiger partial charge < -0.3 is 5.32 Å². The topological polar surface area (TPSA) is 24.9 Å². The van der Waals surface area contributed by atoms with Gasteiger partial charge in [-0.05, 0) is 37.3 Å². The predicted molar refractivity (Wildman–Crippen MR) is 85.8 cm³/mol. The van der Waals surface area contributed by atoms with Crippen molar-refractivity contribution >= 4 is 43.2 Å². The van der Waals surface area contributed by atoms with Crippen LogP contribution in [0.5, 0.6) is 0 Å². The van der Waals surface area contributed by atoms with Crippen LogP contribution in [0.4, 0.5) is 10.1 Å². The maximum atomic E-state index is 13.9. The fraction of sp³-hybridized carbons (Fsp3) is 0.133. The molecule has 0 bridgehead atoms. The molecule has 3 aromatic rings. The van der Waals surface area contributed by atoms with Crippen molar-refractivity contribution < 1.29 is 4.39 Å². The first-order chi connectivity index (χ1) is 9.63. The van der Waals surface area contributed by atoms with Crippen LogP contribution in [0, 0.1) is 5.82 Å². The zero-order chi connectivity index (χ0) is 14.1. The molecule has 1 atom stereocenters. The number of hydrogen-bond donors (Lipinski definition) is 1. The number of halogens is 2. The van der Waals surface area contributed by atoms with Crippen LogP contribution < -0.4 is 5.32 Å². The molecule has 0 aliphatic carbocycles. The molecule has 0 radical (unpaired) electrons. The molecule has 2 nitrogen and oxygen atoms in total. The van der Waals surface area contributed by atoms with Crippen molar-refractivity contribution in [2.24, 2.45) is 0 Å². The van der Waals surface area contributed by atoms with E-state index >= 15 is 0 Å². The summed E-state index contributed by atoms with van der Waals surface area (Å²) < 4.78 is 15.8. The van der Waals surface area contributed by atoms with Crippen LogP contribution in [-0.4, -0.2) is 4.98 Å². The quantitative estimate of drug-likeness (QED) is 0.686. The van der Waals surface area contributed by atoms with E-state index in [1.54, 1.807) is 17.4 Å². The lowest BCUT2D eigenvalue weighted by molar-refractivity contribution is 0.599. The molecular formula is C15H12BrFN2S. The van der Waals surface area contributed by atoms with Crippen LogP contribution in [0.15, 0.2) is 46.4 Å². The zero-order valence-corrected chi connectivity index (χ0v) is 13.1. The molecule has 0 fully saturated rings. The van der Waals surface area contributed by atoms with Crippen molar-refractivity contribution in [3.8, 4) is 0 Å². The van der Waals surface area contributed by atoms with E-state index in [0.29, 0.717) is 5.56 Å². The summed E-state index contributed by atoms with van der Waals surface area (Å²) in [5.41, 5.74) is 4.43. The van der Waals surface area contributed by atoms with Gasteiger partial charge in [-0.15, -0.1) is 11.3 Å². The number of aromatic nitrogens is 1. The Morgan fingerprint density at radius 3 is 2.90 bits per heavy atom. The average molecular weight is 351 g/mol. The molecule has 0 aliphatic heterocycles. The molecule has 0 spiro atoms. The molecule has 0 aliphatic rings. The maximum absolute atomic E-state index is 13.9. The summed E-state index contributed by atoms with van der Waals surface area (Å²) in [5.74, 6) is -0.210. The minimum atomic E-state index is -0.210. The van der Waals surface area contributed by atoms with E-state index in [9.17, 15) is 4.39 Å². The van der Waals surface area contributed by atoms with Crippen molar-refractivity contribution in [2.45, 2.75) is 13.0 Å². The number of thiazole rings is 1. The highest BCUT2D eigenvalue weighted by atomic mass is 79.9. The molecule has 1 heterocycles.